The maximum absolute atomic E-state index is 10.6. The first-order valence-electron chi connectivity index (χ1n) is 5.77. The monoisotopic (exact) mass is 206 g/mol. The first-order valence-corrected chi connectivity index (χ1v) is 5.77. The Morgan fingerprint density at radius 1 is 1.53 bits per heavy atom. The predicted octanol–water partition coefficient (Wildman–Crippen LogP) is 3.76. The van der Waals surface area contributed by atoms with E-state index in [4.69, 9.17) is 0 Å². The van der Waals surface area contributed by atoms with E-state index in [0.29, 0.717) is 11.3 Å². The average molecular weight is 206 g/mol. The third-order valence-electron chi connectivity index (χ3n) is 3.41. The number of carbonyl (C=O) groups is 1. The van der Waals surface area contributed by atoms with E-state index in [1.807, 2.05) is 13.0 Å². The number of carbonyl (C=O) groups excluding carboxylic acids is 1. The maximum atomic E-state index is 10.6. The van der Waals surface area contributed by atoms with Crippen molar-refractivity contribution in [2.45, 2.75) is 40.5 Å². The Labute approximate surface area is 93.3 Å². The Morgan fingerprint density at radius 2 is 2.20 bits per heavy atom. The quantitative estimate of drug-likeness (QED) is 0.507. The summed E-state index contributed by atoms with van der Waals surface area (Å²) >= 11 is 0. The minimum Gasteiger partial charge on any atom is -0.303 e. The minimum absolute atomic E-state index is 0.0375. The van der Waals surface area contributed by atoms with Crippen LogP contribution in [0.25, 0.3) is 0 Å². The fourth-order valence-electron chi connectivity index (χ4n) is 2.31. The van der Waals surface area contributed by atoms with E-state index in [9.17, 15) is 4.79 Å². The van der Waals surface area contributed by atoms with Crippen molar-refractivity contribution in [3.8, 4) is 0 Å². The lowest BCUT2D eigenvalue weighted by Gasteiger charge is -2.36. The lowest BCUT2D eigenvalue weighted by Crippen LogP contribution is -2.26. The summed E-state index contributed by atoms with van der Waals surface area (Å²) in [5.41, 5.74) is 1.78. The van der Waals surface area contributed by atoms with Gasteiger partial charge in [-0.05, 0) is 25.2 Å². The van der Waals surface area contributed by atoms with Crippen molar-refractivity contribution in [1.29, 1.82) is 0 Å². The van der Waals surface area contributed by atoms with E-state index in [-0.39, 0.29) is 5.92 Å². The van der Waals surface area contributed by atoms with E-state index in [1.165, 1.54) is 18.4 Å². The molecular weight excluding hydrogens is 184 g/mol. The summed E-state index contributed by atoms with van der Waals surface area (Å²) in [7, 11) is 0. The van der Waals surface area contributed by atoms with Gasteiger partial charge in [0.05, 0.1) is 0 Å². The second kappa shape index (κ2) is 4.78. The second-order valence-corrected chi connectivity index (χ2v) is 5.33. The highest BCUT2D eigenvalue weighted by Crippen LogP contribution is 2.41. The topological polar surface area (TPSA) is 17.1 Å². The van der Waals surface area contributed by atoms with Crippen molar-refractivity contribution in [3.63, 3.8) is 0 Å². The molecule has 0 heterocycles. The molecule has 0 amide bonds. The molecule has 1 aliphatic rings. The van der Waals surface area contributed by atoms with Crippen LogP contribution in [0.1, 0.15) is 40.5 Å². The summed E-state index contributed by atoms with van der Waals surface area (Å²) in [6.45, 7) is 8.74. The number of hydrogen-bond donors (Lipinski definition) is 0. The molecule has 0 aliphatic heterocycles. The zero-order chi connectivity index (χ0) is 11.5. The molecule has 2 atom stereocenters. The Hall–Kier alpha value is -0.850. The van der Waals surface area contributed by atoms with Gasteiger partial charge in [-0.2, -0.15) is 0 Å². The predicted molar refractivity (Wildman–Crippen MR) is 64.6 cm³/mol. The van der Waals surface area contributed by atoms with Gasteiger partial charge in [0.25, 0.3) is 0 Å². The van der Waals surface area contributed by atoms with Crippen LogP contribution in [0.5, 0.6) is 0 Å². The van der Waals surface area contributed by atoms with Gasteiger partial charge < -0.3 is 4.79 Å². The van der Waals surface area contributed by atoms with Gasteiger partial charge in [-0.15, -0.1) is 0 Å². The van der Waals surface area contributed by atoms with Crippen LogP contribution >= 0.6 is 0 Å². The second-order valence-electron chi connectivity index (χ2n) is 5.33. The molecule has 0 spiro atoms. The van der Waals surface area contributed by atoms with E-state index in [0.717, 1.165) is 6.29 Å². The highest BCUT2D eigenvalue weighted by molar-refractivity contribution is 5.55. The fourth-order valence-corrected chi connectivity index (χ4v) is 2.31. The van der Waals surface area contributed by atoms with E-state index in [2.05, 4.69) is 32.9 Å². The largest absolute Gasteiger partial charge is 0.303 e. The Balaban J connectivity index is 2.81. The van der Waals surface area contributed by atoms with Crippen LogP contribution in [-0.2, 0) is 4.79 Å². The third-order valence-corrected chi connectivity index (χ3v) is 3.41. The molecule has 0 bridgehead atoms. The van der Waals surface area contributed by atoms with Gasteiger partial charge in [0.2, 0.25) is 0 Å². The lowest BCUT2D eigenvalue weighted by atomic mass is 9.68. The van der Waals surface area contributed by atoms with Crippen LogP contribution in [0, 0.1) is 17.3 Å². The summed E-state index contributed by atoms with van der Waals surface area (Å²) < 4.78 is 0. The van der Waals surface area contributed by atoms with Gasteiger partial charge in [0.1, 0.15) is 6.29 Å². The molecule has 1 heteroatoms. The first-order chi connectivity index (χ1) is 6.97. The van der Waals surface area contributed by atoms with Gasteiger partial charge in [-0.25, -0.2) is 0 Å². The zero-order valence-corrected chi connectivity index (χ0v) is 10.3. The molecule has 0 unspecified atom stereocenters. The van der Waals surface area contributed by atoms with Gasteiger partial charge in [-0.3, -0.25) is 0 Å². The van der Waals surface area contributed by atoms with Gasteiger partial charge in [-0.1, -0.05) is 44.6 Å². The van der Waals surface area contributed by atoms with Crippen molar-refractivity contribution in [2.24, 2.45) is 17.3 Å². The van der Waals surface area contributed by atoms with E-state index < -0.39 is 0 Å². The van der Waals surface area contributed by atoms with Crippen molar-refractivity contribution >= 4 is 6.29 Å². The highest BCUT2D eigenvalue weighted by atomic mass is 16.1. The van der Waals surface area contributed by atoms with Crippen LogP contribution in [0.3, 0.4) is 0 Å². The van der Waals surface area contributed by atoms with E-state index in [1.54, 1.807) is 0 Å². The average Bonchev–Trinajstić information content (AvgIpc) is 2.15. The zero-order valence-electron chi connectivity index (χ0n) is 10.3. The highest BCUT2D eigenvalue weighted by Gasteiger charge is 2.30. The summed E-state index contributed by atoms with van der Waals surface area (Å²) in [5, 5.41) is 0. The Bertz CT molecular complexity index is 284. The molecule has 1 aliphatic carbocycles. The van der Waals surface area contributed by atoms with Crippen molar-refractivity contribution in [3.05, 3.63) is 23.8 Å². The molecule has 0 aromatic rings. The molecule has 1 nitrogen and oxygen atoms in total. The summed E-state index contributed by atoms with van der Waals surface area (Å²) in [6, 6.07) is 0. The molecule has 0 aromatic heterocycles. The van der Waals surface area contributed by atoms with Crippen LogP contribution in [0.4, 0.5) is 0 Å². The number of allylic oxidation sites excluding steroid dienone is 4. The van der Waals surface area contributed by atoms with Crippen LogP contribution in [0.2, 0.25) is 0 Å². The van der Waals surface area contributed by atoms with Gasteiger partial charge in [0, 0.05) is 11.8 Å². The molecule has 0 N–H and O–H groups in total. The van der Waals surface area contributed by atoms with Crippen molar-refractivity contribution < 1.29 is 4.79 Å². The molecule has 1 rings (SSSR count). The molecule has 0 radical (unpaired) electrons. The summed E-state index contributed by atoms with van der Waals surface area (Å²) in [6.07, 6.45) is 9.98. The molecule has 0 aromatic carbocycles. The van der Waals surface area contributed by atoms with Crippen LogP contribution in [-0.4, -0.2) is 6.29 Å². The Kier molecular flexibility index (Phi) is 3.90. The number of aldehydes is 1. The first kappa shape index (κ1) is 12.2. The standard InChI is InChI=1S/C14H22O/c1-11(10-15)7-8-13-12(2)6-5-9-14(13,3)4/h6-8,10-11,13H,5,9H2,1-4H3/b8-7-/t11-,13-/m0/s1. The normalized spacial score (nSPS) is 27.5. The van der Waals surface area contributed by atoms with Crippen LogP contribution in [0.15, 0.2) is 23.8 Å². The SMILES string of the molecule is CC1=CCCC(C)(C)[C@H]1/C=C\[C@H](C)C=O. The summed E-state index contributed by atoms with van der Waals surface area (Å²) in [5.74, 6) is 0.532. The third kappa shape index (κ3) is 3.05. The fraction of sp³-hybridized carbons (Fsp3) is 0.643. The van der Waals surface area contributed by atoms with Crippen LogP contribution < -0.4 is 0 Å². The molecule has 0 saturated heterocycles. The van der Waals surface area contributed by atoms with E-state index >= 15 is 0 Å². The molecule has 0 saturated carbocycles. The lowest BCUT2D eigenvalue weighted by molar-refractivity contribution is -0.109. The molecule has 15 heavy (non-hydrogen) atoms. The van der Waals surface area contributed by atoms with Gasteiger partial charge in [0.15, 0.2) is 0 Å². The van der Waals surface area contributed by atoms with Crippen molar-refractivity contribution in [2.75, 3.05) is 0 Å². The molecule has 0 fully saturated rings. The Morgan fingerprint density at radius 3 is 2.73 bits per heavy atom. The molecule has 84 valence electrons. The smallest absolute Gasteiger partial charge is 0.126 e. The van der Waals surface area contributed by atoms with Gasteiger partial charge >= 0.3 is 0 Å². The summed E-state index contributed by atoms with van der Waals surface area (Å²) in [4.78, 5) is 10.6. The number of rotatable bonds is 3. The minimum atomic E-state index is 0.0375. The molecular formula is C14H22O. The maximum Gasteiger partial charge on any atom is 0.126 e. The number of hydrogen-bond acceptors (Lipinski definition) is 1. The van der Waals surface area contributed by atoms with Crippen molar-refractivity contribution in [1.82, 2.24) is 0 Å².